The third kappa shape index (κ3) is 5.37. The fourth-order valence-electron chi connectivity index (χ4n) is 2.42. The number of anilines is 1. The van der Waals surface area contributed by atoms with E-state index in [1.54, 1.807) is 12.1 Å². The van der Waals surface area contributed by atoms with Crippen LogP contribution in [0.1, 0.15) is 18.2 Å². The van der Waals surface area contributed by atoms with Gasteiger partial charge in [-0.3, -0.25) is 9.59 Å². The van der Waals surface area contributed by atoms with Crippen molar-refractivity contribution < 1.29 is 14.3 Å². The minimum atomic E-state index is -0.958. The molecule has 0 saturated carbocycles. The molecule has 0 aliphatic heterocycles. The van der Waals surface area contributed by atoms with Crippen molar-refractivity contribution in [3.8, 4) is 10.6 Å². The maximum atomic E-state index is 12.2. The third-order valence-corrected chi connectivity index (χ3v) is 4.96. The molecule has 0 fully saturated rings. The number of halogens is 1. The van der Waals surface area contributed by atoms with Crippen LogP contribution < -0.4 is 5.32 Å². The SMILES string of the molecule is Cc1cccc(-c2nc(CC(=O)O[C@@H](C)C(=O)Nc3ccc(Cl)cn3)cs2)c1. The number of thiazole rings is 1. The molecular weight excluding hydrogens is 398 g/mol. The van der Waals surface area contributed by atoms with E-state index in [1.807, 2.05) is 36.6 Å². The molecule has 0 radical (unpaired) electrons. The number of amides is 1. The van der Waals surface area contributed by atoms with Gasteiger partial charge in [0.1, 0.15) is 10.8 Å². The van der Waals surface area contributed by atoms with Crippen molar-refractivity contribution in [2.45, 2.75) is 26.4 Å². The van der Waals surface area contributed by atoms with E-state index in [0.29, 0.717) is 16.5 Å². The first-order valence-electron chi connectivity index (χ1n) is 8.54. The largest absolute Gasteiger partial charge is 0.452 e. The zero-order valence-electron chi connectivity index (χ0n) is 15.3. The van der Waals surface area contributed by atoms with Gasteiger partial charge in [0.2, 0.25) is 0 Å². The van der Waals surface area contributed by atoms with Gasteiger partial charge in [0, 0.05) is 17.1 Å². The summed E-state index contributed by atoms with van der Waals surface area (Å²) >= 11 is 7.22. The third-order valence-electron chi connectivity index (χ3n) is 3.80. The number of pyridine rings is 1. The monoisotopic (exact) mass is 415 g/mol. The Morgan fingerprint density at radius 3 is 2.82 bits per heavy atom. The molecule has 6 nitrogen and oxygen atoms in total. The highest BCUT2D eigenvalue weighted by Crippen LogP contribution is 2.24. The van der Waals surface area contributed by atoms with Crippen LogP contribution in [0.15, 0.2) is 48.0 Å². The van der Waals surface area contributed by atoms with E-state index in [4.69, 9.17) is 16.3 Å². The second kappa shape index (κ2) is 8.95. The highest BCUT2D eigenvalue weighted by atomic mass is 35.5. The second-order valence-corrected chi connectivity index (χ2v) is 7.47. The minimum Gasteiger partial charge on any atom is -0.452 e. The first-order valence-corrected chi connectivity index (χ1v) is 9.80. The molecule has 0 bridgehead atoms. The van der Waals surface area contributed by atoms with Crippen LogP contribution in [-0.4, -0.2) is 27.9 Å². The van der Waals surface area contributed by atoms with Crippen molar-refractivity contribution >= 4 is 40.6 Å². The zero-order chi connectivity index (χ0) is 20.1. The van der Waals surface area contributed by atoms with Crippen molar-refractivity contribution in [2.75, 3.05) is 5.32 Å². The van der Waals surface area contributed by atoms with Crippen LogP contribution >= 0.6 is 22.9 Å². The van der Waals surface area contributed by atoms with Crippen molar-refractivity contribution in [3.05, 3.63) is 64.3 Å². The standard InChI is InChI=1S/C20H18ClN3O3S/c1-12-4-3-5-14(8-12)20-23-16(11-28-20)9-18(25)27-13(2)19(26)24-17-7-6-15(21)10-22-17/h3-8,10-11,13H,9H2,1-2H3,(H,22,24,26)/t13-/m0/s1. The van der Waals surface area contributed by atoms with Crippen LogP contribution in [0.3, 0.4) is 0 Å². The van der Waals surface area contributed by atoms with Gasteiger partial charge in [0.15, 0.2) is 6.10 Å². The molecular formula is C20H18ClN3O3S. The zero-order valence-corrected chi connectivity index (χ0v) is 16.9. The molecule has 3 aromatic rings. The Bertz CT molecular complexity index is 988. The molecule has 1 amide bonds. The number of aryl methyl sites for hydroxylation is 1. The molecule has 0 saturated heterocycles. The van der Waals surface area contributed by atoms with Gasteiger partial charge in [-0.15, -0.1) is 11.3 Å². The Morgan fingerprint density at radius 2 is 2.11 bits per heavy atom. The lowest BCUT2D eigenvalue weighted by Crippen LogP contribution is -2.30. The number of aromatic nitrogens is 2. The highest BCUT2D eigenvalue weighted by molar-refractivity contribution is 7.13. The topological polar surface area (TPSA) is 81.2 Å². The maximum absolute atomic E-state index is 12.2. The summed E-state index contributed by atoms with van der Waals surface area (Å²) in [6.45, 7) is 3.52. The van der Waals surface area contributed by atoms with Crippen LogP contribution in [-0.2, 0) is 20.7 Å². The summed E-state index contributed by atoms with van der Waals surface area (Å²) in [5.41, 5.74) is 2.76. The first-order chi connectivity index (χ1) is 13.4. The Labute approximate surface area is 171 Å². The van der Waals surface area contributed by atoms with E-state index in [9.17, 15) is 9.59 Å². The van der Waals surface area contributed by atoms with Gasteiger partial charge < -0.3 is 10.1 Å². The second-order valence-electron chi connectivity index (χ2n) is 6.17. The smallest absolute Gasteiger partial charge is 0.312 e. The number of rotatable bonds is 6. The number of nitrogens with zero attached hydrogens (tertiary/aromatic N) is 2. The predicted molar refractivity (Wildman–Crippen MR) is 109 cm³/mol. The van der Waals surface area contributed by atoms with Crippen LogP contribution in [0.5, 0.6) is 0 Å². The molecule has 0 aliphatic rings. The van der Waals surface area contributed by atoms with E-state index < -0.39 is 18.0 Å². The average molecular weight is 416 g/mol. The Kier molecular flexibility index (Phi) is 6.38. The van der Waals surface area contributed by atoms with Crippen molar-refractivity contribution in [2.24, 2.45) is 0 Å². The lowest BCUT2D eigenvalue weighted by Gasteiger charge is -2.12. The van der Waals surface area contributed by atoms with Gasteiger partial charge in [0.25, 0.3) is 5.91 Å². The molecule has 1 N–H and O–H groups in total. The van der Waals surface area contributed by atoms with Crippen molar-refractivity contribution in [1.29, 1.82) is 0 Å². The summed E-state index contributed by atoms with van der Waals surface area (Å²) in [5.74, 6) is -0.658. The Morgan fingerprint density at radius 1 is 1.29 bits per heavy atom. The van der Waals surface area contributed by atoms with Crippen molar-refractivity contribution in [3.63, 3.8) is 0 Å². The fraction of sp³-hybridized carbons (Fsp3) is 0.200. The van der Waals surface area contributed by atoms with Gasteiger partial charge in [-0.25, -0.2) is 9.97 Å². The Balaban J connectivity index is 1.55. The van der Waals surface area contributed by atoms with E-state index in [0.717, 1.165) is 16.1 Å². The summed E-state index contributed by atoms with van der Waals surface area (Å²) in [7, 11) is 0. The molecule has 3 rings (SSSR count). The number of carbonyl (C=O) groups excluding carboxylic acids is 2. The van der Waals surface area contributed by atoms with Crippen molar-refractivity contribution in [1.82, 2.24) is 9.97 Å². The normalized spacial score (nSPS) is 11.7. The van der Waals surface area contributed by atoms with Crippen LogP contribution in [0.4, 0.5) is 5.82 Å². The summed E-state index contributed by atoms with van der Waals surface area (Å²) in [5, 5.41) is 5.69. The van der Waals surface area contributed by atoms with E-state index in [1.165, 1.54) is 24.5 Å². The van der Waals surface area contributed by atoms with Crippen LogP contribution in [0, 0.1) is 6.92 Å². The molecule has 8 heteroatoms. The minimum absolute atomic E-state index is 0.000862. The molecule has 2 heterocycles. The molecule has 0 unspecified atom stereocenters. The summed E-state index contributed by atoms with van der Waals surface area (Å²) < 4.78 is 5.21. The molecule has 0 spiro atoms. The number of benzene rings is 1. The summed E-state index contributed by atoms with van der Waals surface area (Å²) in [4.78, 5) is 32.7. The van der Waals surface area contributed by atoms with Gasteiger partial charge >= 0.3 is 5.97 Å². The molecule has 28 heavy (non-hydrogen) atoms. The fourth-order valence-corrected chi connectivity index (χ4v) is 3.35. The van der Waals surface area contributed by atoms with Gasteiger partial charge in [-0.2, -0.15) is 0 Å². The van der Waals surface area contributed by atoms with E-state index in [-0.39, 0.29) is 6.42 Å². The van der Waals surface area contributed by atoms with E-state index in [2.05, 4.69) is 15.3 Å². The van der Waals surface area contributed by atoms with Gasteiger partial charge in [-0.05, 0) is 32.0 Å². The molecule has 0 aliphatic carbocycles. The molecule has 1 atom stereocenters. The van der Waals surface area contributed by atoms with Crippen LogP contribution in [0.2, 0.25) is 5.02 Å². The molecule has 144 valence electrons. The molecule has 1 aromatic carbocycles. The lowest BCUT2D eigenvalue weighted by atomic mass is 10.1. The average Bonchev–Trinajstić information content (AvgIpc) is 3.12. The van der Waals surface area contributed by atoms with Gasteiger partial charge in [0.05, 0.1) is 17.1 Å². The Hall–Kier alpha value is -2.77. The quantitative estimate of drug-likeness (QED) is 0.607. The van der Waals surface area contributed by atoms with Gasteiger partial charge in [-0.1, -0.05) is 35.4 Å². The lowest BCUT2D eigenvalue weighted by molar-refractivity contribution is -0.152. The number of hydrogen-bond donors (Lipinski definition) is 1. The highest BCUT2D eigenvalue weighted by Gasteiger charge is 2.19. The van der Waals surface area contributed by atoms with Crippen LogP contribution in [0.25, 0.3) is 10.6 Å². The summed E-state index contributed by atoms with van der Waals surface area (Å²) in [6, 6.07) is 11.2. The number of hydrogen-bond acceptors (Lipinski definition) is 6. The number of esters is 1. The number of nitrogens with one attached hydrogen (secondary N) is 1. The van der Waals surface area contributed by atoms with E-state index >= 15 is 0 Å². The summed E-state index contributed by atoms with van der Waals surface area (Å²) in [6.07, 6.45) is 0.459. The first kappa shape index (κ1) is 20.0. The number of ether oxygens (including phenoxy) is 1. The maximum Gasteiger partial charge on any atom is 0.312 e. The number of carbonyl (C=O) groups is 2. The predicted octanol–water partition coefficient (Wildman–Crippen LogP) is 4.28. The molecule has 2 aromatic heterocycles.